The Morgan fingerprint density at radius 1 is 0.519 bits per heavy atom. The van der Waals surface area contributed by atoms with Crippen molar-refractivity contribution in [2.75, 3.05) is 0 Å². The topological polar surface area (TPSA) is 30.0 Å². The van der Waals surface area contributed by atoms with Crippen LogP contribution in [0.15, 0.2) is 188 Å². The summed E-state index contributed by atoms with van der Waals surface area (Å²) in [5.41, 5.74) is 5.62. The molecule has 4 heteroatoms. The zero-order valence-electron chi connectivity index (χ0n) is 28.5. The Morgan fingerprint density at radius 3 is 1.63 bits per heavy atom. The molecule has 0 bridgehead atoms. The van der Waals surface area contributed by atoms with Crippen LogP contribution in [0.1, 0.15) is 5.56 Å². The van der Waals surface area contributed by atoms with E-state index in [9.17, 15) is 0 Å². The van der Waals surface area contributed by atoms with Crippen LogP contribution >= 0.6 is 7.14 Å². The van der Waals surface area contributed by atoms with E-state index in [1.807, 2.05) is 109 Å². The summed E-state index contributed by atoms with van der Waals surface area (Å²) >= 11 is 0. The molecule has 0 aliphatic rings. The van der Waals surface area contributed by atoms with Crippen molar-refractivity contribution in [2.45, 2.75) is 6.92 Å². The van der Waals surface area contributed by atoms with E-state index in [4.69, 9.17) is 0 Å². The van der Waals surface area contributed by atoms with Crippen LogP contribution in [0, 0.1) is 19.1 Å². The summed E-state index contributed by atoms with van der Waals surface area (Å²) in [4.78, 5) is 4.55. The van der Waals surface area contributed by atoms with Gasteiger partial charge in [-0.25, -0.2) is 0 Å². The third-order valence-corrected chi connectivity index (χ3v) is 12.3. The van der Waals surface area contributed by atoms with E-state index in [1.54, 1.807) is 0 Å². The summed E-state index contributed by atoms with van der Waals surface area (Å²) in [5.74, 6) is 0. The van der Waals surface area contributed by atoms with Crippen LogP contribution in [0.4, 0.5) is 0 Å². The van der Waals surface area contributed by atoms with Gasteiger partial charge in [0.15, 0.2) is 0 Å². The number of nitrogens with zero attached hydrogens (tertiary/aromatic N) is 1. The van der Waals surface area contributed by atoms with E-state index < -0.39 is 7.14 Å². The maximum atomic E-state index is 15.1. The standard InChI is InChI=1S/C30H20OP.C18H14N.Ir/c31-32(28-16-13-22-7-1-4-10-25(22)19-28,29-17-14-23-8-2-5-11-26(23)20-29)30-18-15-24-9-3-6-12-27(24)21-30;1-14-12-18(16-10-6-3-7-11-16)19-13-17(14)15-8-4-2-5-9-15;/h1-17,19-21H;2-10,12-13H,1H3;/q2*-1;. The molecule has 2 nitrogen and oxygen atoms in total. The first-order chi connectivity index (χ1) is 25.1. The quantitative estimate of drug-likeness (QED) is 0.127. The molecule has 0 N–H and O–H groups in total. The van der Waals surface area contributed by atoms with Crippen LogP contribution in [0.2, 0.25) is 0 Å². The minimum Gasteiger partial charge on any atom is -0.311 e. The molecule has 52 heavy (non-hydrogen) atoms. The molecule has 9 rings (SSSR count). The van der Waals surface area contributed by atoms with Gasteiger partial charge in [0, 0.05) is 42.5 Å². The Balaban J connectivity index is 0.000000180. The van der Waals surface area contributed by atoms with E-state index in [1.165, 1.54) is 16.7 Å². The maximum absolute atomic E-state index is 15.1. The number of hydrogen-bond donors (Lipinski definition) is 0. The van der Waals surface area contributed by atoms with Crippen LogP contribution < -0.4 is 15.9 Å². The predicted octanol–water partition coefficient (Wildman–Crippen LogP) is 11.1. The summed E-state index contributed by atoms with van der Waals surface area (Å²) < 4.78 is 15.1. The van der Waals surface area contributed by atoms with Gasteiger partial charge in [-0.15, -0.1) is 52.7 Å². The first kappa shape index (κ1) is 35.0. The van der Waals surface area contributed by atoms with Gasteiger partial charge in [-0.05, 0) is 57.4 Å². The Bertz CT molecular complexity index is 2490. The van der Waals surface area contributed by atoms with Crippen LogP contribution in [0.25, 0.3) is 54.7 Å². The zero-order chi connectivity index (χ0) is 34.6. The second-order valence-electron chi connectivity index (χ2n) is 12.6. The fourth-order valence-electron chi connectivity index (χ4n) is 6.64. The molecule has 0 amide bonds. The first-order valence-electron chi connectivity index (χ1n) is 17.1. The van der Waals surface area contributed by atoms with Crippen molar-refractivity contribution < 1.29 is 24.7 Å². The van der Waals surface area contributed by atoms with Gasteiger partial charge in [0.25, 0.3) is 0 Å². The van der Waals surface area contributed by atoms with Gasteiger partial charge in [0.2, 0.25) is 0 Å². The molecule has 0 atom stereocenters. The predicted molar refractivity (Wildman–Crippen MR) is 216 cm³/mol. The third-order valence-electron chi connectivity index (χ3n) is 9.38. The Kier molecular flexibility index (Phi) is 10.4. The summed E-state index contributed by atoms with van der Waals surface area (Å²) in [6.45, 7) is 2.12. The third kappa shape index (κ3) is 7.05. The van der Waals surface area contributed by atoms with E-state index in [2.05, 4.69) is 103 Å². The average Bonchev–Trinajstić information content (AvgIpc) is 3.21. The van der Waals surface area contributed by atoms with Crippen molar-refractivity contribution in [3.05, 3.63) is 206 Å². The molecule has 8 aromatic carbocycles. The summed E-state index contributed by atoms with van der Waals surface area (Å²) in [5, 5.41) is 9.03. The first-order valence-corrected chi connectivity index (χ1v) is 18.8. The van der Waals surface area contributed by atoms with E-state index in [-0.39, 0.29) is 20.1 Å². The van der Waals surface area contributed by atoms with Gasteiger partial charge in [-0.1, -0.05) is 133 Å². The molecular weight excluding hydrogens is 830 g/mol. The van der Waals surface area contributed by atoms with Crippen LogP contribution in [-0.4, -0.2) is 4.98 Å². The molecule has 1 radical (unpaired) electrons. The van der Waals surface area contributed by atoms with Crippen molar-refractivity contribution in [1.29, 1.82) is 0 Å². The molecule has 1 heterocycles. The van der Waals surface area contributed by atoms with Gasteiger partial charge in [0.05, 0.1) is 0 Å². The number of rotatable bonds is 5. The molecule has 0 aliphatic carbocycles. The van der Waals surface area contributed by atoms with Crippen molar-refractivity contribution in [3.8, 4) is 22.4 Å². The summed E-state index contributed by atoms with van der Waals surface area (Å²) in [6, 6.07) is 67.9. The number of aromatic nitrogens is 1. The summed E-state index contributed by atoms with van der Waals surface area (Å²) in [6.07, 6.45) is 1.95. The van der Waals surface area contributed by atoms with Crippen LogP contribution in [-0.2, 0) is 24.7 Å². The minimum absolute atomic E-state index is 0. The fraction of sp³-hybridized carbons (Fsp3) is 0.0208. The number of aryl methyl sites for hydroxylation is 1. The van der Waals surface area contributed by atoms with Gasteiger partial charge in [-0.3, -0.25) is 0 Å². The molecule has 0 saturated heterocycles. The molecule has 0 unspecified atom stereocenters. The zero-order valence-corrected chi connectivity index (χ0v) is 31.8. The van der Waals surface area contributed by atoms with Crippen molar-refractivity contribution in [3.63, 3.8) is 0 Å². The Morgan fingerprint density at radius 2 is 1.06 bits per heavy atom. The largest absolute Gasteiger partial charge is 0.311 e. The number of pyridine rings is 1. The average molecular weight is 864 g/mol. The second kappa shape index (κ2) is 15.4. The molecule has 0 aliphatic heterocycles. The van der Waals surface area contributed by atoms with E-state index in [0.717, 1.165) is 59.5 Å². The van der Waals surface area contributed by atoms with Crippen molar-refractivity contribution in [2.24, 2.45) is 0 Å². The van der Waals surface area contributed by atoms with Gasteiger partial charge >= 0.3 is 0 Å². The minimum atomic E-state index is -3.15. The number of hydrogen-bond acceptors (Lipinski definition) is 2. The monoisotopic (exact) mass is 864 g/mol. The molecule has 9 aromatic rings. The van der Waals surface area contributed by atoms with E-state index in [0.29, 0.717) is 0 Å². The van der Waals surface area contributed by atoms with Crippen LogP contribution in [0.3, 0.4) is 0 Å². The number of benzene rings is 8. The smallest absolute Gasteiger partial charge is 0.147 e. The van der Waals surface area contributed by atoms with Gasteiger partial charge < -0.3 is 9.55 Å². The molecule has 253 valence electrons. The van der Waals surface area contributed by atoms with Gasteiger partial charge in [0.1, 0.15) is 7.14 Å². The van der Waals surface area contributed by atoms with Gasteiger partial charge in [-0.2, -0.15) is 18.2 Å². The van der Waals surface area contributed by atoms with Crippen molar-refractivity contribution in [1.82, 2.24) is 4.98 Å². The second-order valence-corrected chi connectivity index (χ2v) is 15.4. The summed E-state index contributed by atoms with van der Waals surface area (Å²) in [7, 11) is -3.15. The van der Waals surface area contributed by atoms with Crippen LogP contribution in [0.5, 0.6) is 0 Å². The molecule has 0 saturated carbocycles. The number of fused-ring (bicyclic) bond motifs is 3. The molecule has 1 aromatic heterocycles. The molecule has 0 fully saturated rings. The fourth-order valence-corrected chi connectivity index (χ4v) is 9.28. The molecular formula is C48H34IrNOP-2. The normalized spacial score (nSPS) is 11.1. The maximum Gasteiger partial charge on any atom is 0.147 e. The molecule has 0 spiro atoms. The van der Waals surface area contributed by atoms with E-state index >= 15 is 4.57 Å². The SMILES string of the molecule is Cc1cc(-c2[c-]cccc2)ncc1-c1ccccc1.O=P(c1[c-]cc2ccccc2c1)(c1ccc2ccccc2c1)c1ccc2ccccc2c1.[Ir]. The Hall–Kier alpha value is -5.43. The Labute approximate surface area is 318 Å². The van der Waals surface area contributed by atoms with Crippen molar-refractivity contribution >= 4 is 55.4 Å².